The molecule has 9 nitrogen and oxygen atoms in total. The zero-order valence-electron chi connectivity index (χ0n) is 19.7. The summed E-state index contributed by atoms with van der Waals surface area (Å²) >= 11 is 1.21. The number of thiazole rings is 1. The van der Waals surface area contributed by atoms with Crippen LogP contribution in [-0.4, -0.2) is 58.7 Å². The van der Waals surface area contributed by atoms with Gasteiger partial charge in [0.05, 0.1) is 12.1 Å². The summed E-state index contributed by atoms with van der Waals surface area (Å²) in [4.78, 5) is 55.7. The van der Waals surface area contributed by atoms with E-state index in [-0.39, 0.29) is 42.6 Å². The van der Waals surface area contributed by atoms with Gasteiger partial charge in [0, 0.05) is 23.5 Å². The molecule has 2 heterocycles. The minimum absolute atomic E-state index is 0.0141. The third-order valence-electron chi connectivity index (χ3n) is 5.51. The van der Waals surface area contributed by atoms with Crippen molar-refractivity contribution < 1.29 is 19.2 Å². The lowest BCUT2D eigenvalue weighted by molar-refractivity contribution is -0.128. The Morgan fingerprint density at radius 3 is 2.62 bits per heavy atom. The Morgan fingerprint density at radius 1 is 1.18 bits per heavy atom. The van der Waals surface area contributed by atoms with E-state index in [1.165, 1.54) is 16.2 Å². The van der Waals surface area contributed by atoms with Crippen LogP contribution in [0.15, 0.2) is 29.6 Å². The summed E-state index contributed by atoms with van der Waals surface area (Å²) in [5, 5.41) is 10.3. The largest absolute Gasteiger partial charge is 0.354 e. The Kier molecular flexibility index (Phi) is 8.75. The highest BCUT2D eigenvalue weighted by atomic mass is 32.1. The summed E-state index contributed by atoms with van der Waals surface area (Å²) in [5.74, 6) is -1.04. The summed E-state index contributed by atoms with van der Waals surface area (Å²) in [6.07, 6.45) is 2.40. The first kappa shape index (κ1) is 25.4. The number of carbonyl (C=O) groups excluding carboxylic acids is 4. The van der Waals surface area contributed by atoms with Crippen LogP contribution in [0.3, 0.4) is 0 Å². The molecule has 3 rings (SSSR count). The van der Waals surface area contributed by atoms with Gasteiger partial charge in [0.2, 0.25) is 17.7 Å². The molecule has 1 aliphatic rings. The second-order valence-electron chi connectivity index (χ2n) is 8.67. The van der Waals surface area contributed by atoms with E-state index in [1.807, 2.05) is 32.9 Å². The molecule has 1 fully saturated rings. The van der Waals surface area contributed by atoms with Gasteiger partial charge >= 0.3 is 0 Å². The number of nitrogens with zero attached hydrogens (tertiary/aromatic N) is 2. The van der Waals surface area contributed by atoms with Crippen LogP contribution in [0, 0.1) is 6.92 Å². The molecule has 1 aromatic heterocycles. The predicted octanol–water partition coefficient (Wildman–Crippen LogP) is 2.27. The third-order valence-corrected chi connectivity index (χ3v) is 6.31. The number of anilines is 1. The van der Waals surface area contributed by atoms with E-state index < -0.39 is 6.04 Å². The van der Waals surface area contributed by atoms with Crippen LogP contribution in [0.25, 0.3) is 0 Å². The Labute approximate surface area is 203 Å². The van der Waals surface area contributed by atoms with Crippen LogP contribution in [-0.2, 0) is 20.8 Å². The van der Waals surface area contributed by atoms with Gasteiger partial charge in [0.25, 0.3) is 5.91 Å². The molecule has 1 atom stereocenters. The summed E-state index contributed by atoms with van der Waals surface area (Å²) < 4.78 is 0. The van der Waals surface area contributed by atoms with Crippen LogP contribution in [0.1, 0.15) is 54.7 Å². The number of amides is 4. The average molecular weight is 486 g/mol. The lowest BCUT2D eigenvalue weighted by atomic mass is 10.1. The molecular formula is C24H31N5O4S. The van der Waals surface area contributed by atoms with Crippen molar-refractivity contribution in [1.29, 1.82) is 0 Å². The maximum Gasteiger partial charge on any atom is 0.254 e. The van der Waals surface area contributed by atoms with E-state index in [9.17, 15) is 19.2 Å². The zero-order chi connectivity index (χ0) is 24.7. The topological polar surface area (TPSA) is 120 Å². The fourth-order valence-corrected chi connectivity index (χ4v) is 4.32. The van der Waals surface area contributed by atoms with Crippen LogP contribution in [0.2, 0.25) is 0 Å². The molecule has 1 saturated heterocycles. The zero-order valence-corrected chi connectivity index (χ0v) is 20.5. The van der Waals surface area contributed by atoms with Crippen molar-refractivity contribution in [2.45, 2.75) is 58.5 Å². The molecule has 0 saturated carbocycles. The smallest absolute Gasteiger partial charge is 0.254 e. The Morgan fingerprint density at radius 2 is 1.91 bits per heavy atom. The van der Waals surface area contributed by atoms with Crippen molar-refractivity contribution >= 4 is 40.1 Å². The van der Waals surface area contributed by atoms with Crippen molar-refractivity contribution in [2.24, 2.45) is 0 Å². The summed E-state index contributed by atoms with van der Waals surface area (Å²) in [7, 11) is 0. The van der Waals surface area contributed by atoms with Gasteiger partial charge in [-0.2, -0.15) is 0 Å². The van der Waals surface area contributed by atoms with E-state index in [4.69, 9.17) is 0 Å². The van der Waals surface area contributed by atoms with Crippen LogP contribution in [0.5, 0.6) is 0 Å². The summed E-state index contributed by atoms with van der Waals surface area (Å²) in [6.45, 7) is 6.17. The molecule has 10 heteroatoms. The molecule has 0 radical (unpaired) electrons. The highest BCUT2D eigenvalue weighted by Crippen LogP contribution is 2.17. The van der Waals surface area contributed by atoms with Gasteiger partial charge in [-0.1, -0.05) is 17.7 Å². The normalized spacial score (nSPS) is 15.9. The third kappa shape index (κ3) is 7.11. The first-order chi connectivity index (χ1) is 16.2. The van der Waals surface area contributed by atoms with Crippen molar-refractivity contribution in [3.8, 4) is 0 Å². The van der Waals surface area contributed by atoms with Gasteiger partial charge in [0.1, 0.15) is 12.6 Å². The Hall–Kier alpha value is -3.27. The number of aromatic nitrogens is 1. The van der Waals surface area contributed by atoms with E-state index in [0.29, 0.717) is 29.4 Å². The van der Waals surface area contributed by atoms with Gasteiger partial charge in [-0.3, -0.25) is 19.2 Å². The summed E-state index contributed by atoms with van der Waals surface area (Å²) in [5.41, 5.74) is 2.08. The SMILES string of the molecule is Cc1ccc(C(=O)N(CC(=O)Nc2nc(CC(=O)NC3CCCCNC3=O)cs2)C(C)C)cc1. The second kappa shape index (κ2) is 11.7. The molecule has 0 aliphatic carbocycles. The highest BCUT2D eigenvalue weighted by Gasteiger charge is 2.24. The number of rotatable bonds is 8. The van der Waals surface area contributed by atoms with E-state index in [1.54, 1.807) is 17.5 Å². The quantitative estimate of drug-likeness (QED) is 0.530. The van der Waals surface area contributed by atoms with E-state index in [0.717, 1.165) is 18.4 Å². The van der Waals surface area contributed by atoms with Gasteiger partial charge in [-0.25, -0.2) is 4.98 Å². The van der Waals surface area contributed by atoms with Gasteiger partial charge < -0.3 is 20.9 Å². The van der Waals surface area contributed by atoms with Gasteiger partial charge in [-0.15, -0.1) is 11.3 Å². The molecule has 3 N–H and O–H groups in total. The number of carbonyl (C=O) groups is 4. The molecule has 0 spiro atoms. The summed E-state index contributed by atoms with van der Waals surface area (Å²) in [6, 6.07) is 6.53. The molecule has 0 bridgehead atoms. The number of hydrogen-bond acceptors (Lipinski definition) is 6. The molecule has 2 aromatic rings. The van der Waals surface area contributed by atoms with Crippen LogP contribution < -0.4 is 16.0 Å². The van der Waals surface area contributed by atoms with Crippen LogP contribution in [0.4, 0.5) is 5.13 Å². The molecule has 182 valence electrons. The molecule has 34 heavy (non-hydrogen) atoms. The van der Waals surface area contributed by atoms with Gasteiger partial charge in [0.15, 0.2) is 5.13 Å². The molecular weight excluding hydrogens is 454 g/mol. The maximum atomic E-state index is 12.9. The molecule has 1 unspecified atom stereocenters. The number of aryl methyl sites for hydroxylation is 1. The van der Waals surface area contributed by atoms with E-state index in [2.05, 4.69) is 20.9 Å². The molecule has 1 aromatic carbocycles. The number of nitrogens with one attached hydrogen (secondary N) is 3. The highest BCUT2D eigenvalue weighted by molar-refractivity contribution is 7.13. The molecule has 4 amide bonds. The lowest BCUT2D eigenvalue weighted by Gasteiger charge is -2.26. The average Bonchev–Trinajstić information content (AvgIpc) is 3.12. The van der Waals surface area contributed by atoms with Gasteiger partial charge in [-0.05, 0) is 52.2 Å². The van der Waals surface area contributed by atoms with Crippen molar-refractivity contribution in [1.82, 2.24) is 20.5 Å². The maximum absolute atomic E-state index is 12.9. The Balaban J connectivity index is 1.54. The van der Waals surface area contributed by atoms with E-state index >= 15 is 0 Å². The fraction of sp³-hybridized carbons (Fsp3) is 0.458. The minimum atomic E-state index is -0.527. The van der Waals surface area contributed by atoms with Crippen molar-refractivity contribution in [2.75, 3.05) is 18.4 Å². The standard InChI is InChI=1S/C24H31N5O4S/c1-15(2)29(23(33)17-9-7-16(3)8-10-17)13-21(31)28-24-26-18(14-34-24)12-20(30)27-19-6-4-5-11-25-22(19)32/h7-10,14-15,19H,4-6,11-13H2,1-3H3,(H,25,32)(H,27,30)(H,26,28,31). The van der Waals surface area contributed by atoms with Crippen molar-refractivity contribution in [3.63, 3.8) is 0 Å². The number of benzene rings is 1. The first-order valence-electron chi connectivity index (χ1n) is 11.4. The monoisotopic (exact) mass is 485 g/mol. The Bertz CT molecular complexity index is 1030. The molecule has 1 aliphatic heterocycles. The fourth-order valence-electron chi connectivity index (χ4n) is 3.60. The lowest BCUT2D eigenvalue weighted by Crippen LogP contribution is -2.46. The predicted molar refractivity (Wildman–Crippen MR) is 131 cm³/mol. The second-order valence-corrected chi connectivity index (χ2v) is 9.53. The van der Waals surface area contributed by atoms with Crippen LogP contribution >= 0.6 is 11.3 Å². The van der Waals surface area contributed by atoms with Crippen molar-refractivity contribution in [3.05, 3.63) is 46.5 Å². The first-order valence-corrected chi connectivity index (χ1v) is 12.3. The number of hydrogen-bond donors (Lipinski definition) is 3. The minimum Gasteiger partial charge on any atom is -0.354 e.